The predicted octanol–water partition coefficient (Wildman–Crippen LogP) is 3.34. The van der Waals surface area contributed by atoms with Crippen LogP contribution < -0.4 is 4.74 Å². The number of aromatic hydroxyl groups is 1. The molecule has 1 heterocycles. The van der Waals surface area contributed by atoms with Crippen molar-refractivity contribution in [3.8, 4) is 11.5 Å². The highest BCUT2D eigenvalue weighted by Gasteiger charge is 2.24. The van der Waals surface area contributed by atoms with E-state index in [2.05, 4.69) is 13.8 Å². The van der Waals surface area contributed by atoms with Gasteiger partial charge in [0.15, 0.2) is 17.8 Å². The Balaban J connectivity index is 2.03. The van der Waals surface area contributed by atoms with E-state index in [-0.39, 0.29) is 24.2 Å². The average Bonchev–Trinajstić information content (AvgIpc) is 2.44. The molecule has 1 aromatic rings. The Labute approximate surface area is 120 Å². The Bertz CT molecular complexity index is 470. The van der Waals surface area contributed by atoms with E-state index in [9.17, 15) is 5.11 Å². The average molecular weight is 278 g/mol. The second-order valence-electron chi connectivity index (χ2n) is 5.01. The molecule has 2 rings (SSSR count). The number of phenols is 1. The second-order valence-corrected chi connectivity index (χ2v) is 5.01. The van der Waals surface area contributed by atoms with Crippen molar-refractivity contribution in [3.05, 3.63) is 29.8 Å². The highest BCUT2D eigenvalue weighted by atomic mass is 16.7. The third kappa shape index (κ3) is 3.74. The molecule has 0 aliphatic carbocycles. The third-order valence-corrected chi connectivity index (χ3v) is 3.39. The smallest absolute Gasteiger partial charge is 0.177 e. The summed E-state index contributed by atoms with van der Waals surface area (Å²) < 4.78 is 16.5. The number of hydrogen-bond acceptors (Lipinski definition) is 4. The summed E-state index contributed by atoms with van der Waals surface area (Å²) in [7, 11) is 1.53. The number of rotatable bonds is 4. The molecule has 110 valence electrons. The minimum atomic E-state index is -0.326. The fraction of sp³-hybridized carbons (Fsp3) is 0.500. The van der Waals surface area contributed by atoms with Gasteiger partial charge in [0, 0.05) is 0 Å². The van der Waals surface area contributed by atoms with Crippen LogP contribution in [-0.2, 0) is 9.47 Å². The van der Waals surface area contributed by atoms with Crippen molar-refractivity contribution < 1.29 is 19.3 Å². The topological polar surface area (TPSA) is 47.9 Å². The minimum Gasteiger partial charge on any atom is -0.504 e. The van der Waals surface area contributed by atoms with Crippen molar-refractivity contribution in [1.29, 1.82) is 0 Å². The van der Waals surface area contributed by atoms with Gasteiger partial charge in [-0.2, -0.15) is 0 Å². The maximum absolute atomic E-state index is 9.73. The fourth-order valence-corrected chi connectivity index (χ4v) is 2.29. The summed E-state index contributed by atoms with van der Waals surface area (Å²) in [4.78, 5) is 0. The maximum atomic E-state index is 9.73. The molecule has 20 heavy (non-hydrogen) atoms. The van der Waals surface area contributed by atoms with Gasteiger partial charge in [-0.25, -0.2) is 0 Å². The first-order valence-corrected chi connectivity index (χ1v) is 6.98. The van der Waals surface area contributed by atoms with Crippen LogP contribution in [-0.4, -0.2) is 30.7 Å². The lowest BCUT2D eigenvalue weighted by Crippen LogP contribution is -2.35. The van der Waals surface area contributed by atoms with Gasteiger partial charge in [0.05, 0.1) is 19.3 Å². The van der Waals surface area contributed by atoms with Gasteiger partial charge in [-0.05, 0) is 43.5 Å². The monoisotopic (exact) mass is 278 g/mol. The lowest BCUT2D eigenvalue weighted by Gasteiger charge is -2.32. The van der Waals surface area contributed by atoms with Gasteiger partial charge < -0.3 is 19.3 Å². The van der Waals surface area contributed by atoms with E-state index in [1.165, 1.54) is 7.11 Å². The molecule has 4 nitrogen and oxygen atoms in total. The predicted molar refractivity (Wildman–Crippen MR) is 77.8 cm³/mol. The van der Waals surface area contributed by atoms with E-state index in [0.717, 1.165) is 18.4 Å². The molecule has 0 spiro atoms. The molecule has 1 aromatic carbocycles. The van der Waals surface area contributed by atoms with Gasteiger partial charge in [-0.3, -0.25) is 0 Å². The molecule has 1 N–H and O–H groups in total. The molecule has 1 aliphatic rings. The molecule has 0 radical (unpaired) electrons. The Morgan fingerprint density at radius 1 is 1.40 bits per heavy atom. The first kappa shape index (κ1) is 14.9. The largest absolute Gasteiger partial charge is 0.504 e. The van der Waals surface area contributed by atoms with Crippen LogP contribution in [0.3, 0.4) is 0 Å². The molecule has 4 heteroatoms. The van der Waals surface area contributed by atoms with Crippen LogP contribution in [0.2, 0.25) is 0 Å². The standard InChI is InChI=1S/C16H22O4/c1-4-13-9-11(2)19-16(20-13)8-6-12-5-7-15(18-3)14(17)10-12/h5-8,10-11,13,16-17H,4,9H2,1-3H3. The summed E-state index contributed by atoms with van der Waals surface area (Å²) in [5, 5.41) is 9.73. The summed E-state index contributed by atoms with van der Waals surface area (Å²) in [6, 6.07) is 5.26. The normalized spacial score (nSPS) is 26.9. The number of benzene rings is 1. The quantitative estimate of drug-likeness (QED) is 0.917. The van der Waals surface area contributed by atoms with Gasteiger partial charge in [-0.1, -0.05) is 19.1 Å². The van der Waals surface area contributed by atoms with Crippen molar-refractivity contribution in [2.24, 2.45) is 0 Å². The van der Waals surface area contributed by atoms with E-state index in [1.807, 2.05) is 18.2 Å². The van der Waals surface area contributed by atoms with Crippen LogP contribution in [0.1, 0.15) is 32.3 Å². The van der Waals surface area contributed by atoms with Gasteiger partial charge in [0.1, 0.15) is 0 Å². The van der Waals surface area contributed by atoms with Crippen LogP contribution in [0.15, 0.2) is 24.3 Å². The first-order chi connectivity index (χ1) is 9.62. The molecule has 1 fully saturated rings. The Morgan fingerprint density at radius 3 is 2.85 bits per heavy atom. The zero-order valence-corrected chi connectivity index (χ0v) is 12.2. The molecule has 0 saturated carbocycles. The summed E-state index contributed by atoms with van der Waals surface area (Å²) in [5.41, 5.74) is 0.877. The van der Waals surface area contributed by atoms with Crippen LogP contribution in [0, 0.1) is 0 Å². The van der Waals surface area contributed by atoms with Crippen molar-refractivity contribution in [3.63, 3.8) is 0 Å². The summed E-state index contributed by atoms with van der Waals surface area (Å²) in [6.07, 6.45) is 5.80. The zero-order chi connectivity index (χ0) is 14.5. The van der Waals surface area contributed by atoms with Crippen molar-refractivity contribution >= 4 is 6.08 Å². The summed E-state index contributed by atoms with van der Waals surface area (Å²) in [5.74, 6) is 0.590. The van der Waals surface area contributed by atoms with E-state index in [4.69, 9.17) is 14.2 Å². The molecular weight excluding hydrogens is 256 g/mol. The van der Waals surface area contributed by atoms with Crippen molar-refractivity contribution in [2.45, 2.75) is 45.2 Å². The number of hydrogen-bond donors (Lipinski definition) is 1. The third-order valence-electron chi connectivity index (χ3n) is 3.39. The van der Waals surface area contributed by atoms with E-state index < -0.39 is 0 Å². The van der Waals surface area contributed by atoms with Gasteiger partial charge in [0.25, 0.3) is 0 Å². The van der Waals surface area contributed by atoms with Gasteiger partial charge >= 0.3 is 0 Å². The summed E-state index contributed by atoms with van der Waals surface area (Å²) >= 11 is 0. The van der Waals surface area contributed by atoms with Crippen LogP contribution in [0.5, 0.6) is 11.5 Å². The highest BCUT2D eigenvalue weighted by Crippen LogP contribution is 2.27. The Morgan fingerprint density at radius 2 is 2.20 bits per heavy atom. The number of ether oxygens (including phenoxy) is 3. The lowest BCUT2D eigenvalue weighted by molar-refractivity contribution is -0.214. The van der Waals surface area contributed by atoms with Crippen molar-refractivity contribution in [1.82, 2.24) is 0 Å². The van der Waals surface area contributed by atoms with Crippen LogP contribution in [0.25, 0.3) is 6.08 Å². The molecule has 3 unspecified atom stereocenters. The van der Waals surface area contributed by atoms with E-state index >= 15 is 0 Å². The maximum Gasteiger partial charge on any atom is 0.177 e. The molecule has 0 bridgehead atoms. The molecule has 0 aromatic heterocycles. The second kappa shape index (κ2) is 6.77. The SMILES string of the molecule is CCC1CC(C)OC(C=Cc2ccc(OC)c(O)c2)O1. The minimum absolute atomic E-state index is 0.125. The first-order valence-electron chi connectivity index (χ1n) is 6.98. The lowest BCUT2D eigenvalue weighted by atomic mass is 10.1. The molecule has 3 atom stereocenters. The van der Waals surface area contributed by atoms with Crippen LogP contribution in [0.4, 0.5) is 0 Å². The molecule has 0 amide bonds. The number of methoxy groups -OCH3 is 1. The molecule has 1 aliphatic heterocycles. The van der Waals surface area contributed by atoms with Crippen LogP contribution >= 0.6 is 0 Å². The highest BCUT2D eigenvalue weighted by molar-refractivity contribution is 5.55. The number of phenolic OH excluding ortho intramolecular Hbond substituents is 1. The Kier molecular flexibility index (Phi) is 5.04. The van der Waals surface area contributed by atoms with E-state index in [1.54, 1.807) is 12.1 Å². The van der Waals surface area contributed by atoms with Gasteiger partial charge in [-0.15, -0.1) is 0 Å². The molecule has 1 saturated heterocycles. The Hall–Kier alpha value is -1.52. The van der Waals surface area contributed by atoms with Gasteiger partial charge in [0.2, 0.25) is 0 Å². The molecular formula is C16H22O4. The van der Waals surface area contributed by atoms with E-state index in [0.29, 0.717) is 5.75 Å². The fourth-order valence-electron chi connectivity index (χ4n) is 2.29. The zero-order valence-electron chi connectivity index (χ0n) is 12.2. The van der Waals surface area contributed by atoms with Crippen molar-refractivity contribution in [2.75, 3.05) is 7.11 Å². The summed E-state index contributed by atoms with van der Waals surface area (Å²) in [6.45, 7) is 4.18.